The lowest BCUT2D eigenvalue weighted by atomic mass is 10.1. The van der Waals surface area contributed by atoms with E-state index < -0.39 is 0 Å². The van der Waals surface area contributed by atoms with Gasteiger partial charge in [-0.3, -0.25) is 9.89 Å². The average molecular weight is 357 g/mol. The van der Waals surface area contributed by atoms with E-state index in [1.807, 2.05) is 19.4 Å². The number of nitrogens with zero attached hydrogens (tertiary/aromatic N) is 4. The van der Waals surface area contributed by atoms with E-state index in [4.69, 9.17) is 0 Å². The van der Waals surface area contributed by atoms with Gasteiger partial charge in [-0.15, -0.1) is 0 Å². The Kier molecular flexibility index (Phi) is 6.14. The van der Waals surface area contributed by atoms with Gasteiger partial charge >= 0.3 is 0 Å². The minimum absolute atomic E-state index is 0.459. The van der Waals surface area contributed by atoms with E-state index in [1.54, 1.807) is 0 Å². The number of nitrogens with one attached hydrogen (secondary N) is 2. The quantitative estimate of drug-likeness (QED) is 0.474. The van der Waals surface area contributed by atoms with Gasteiger partial charge in [0, 0.05) is 45.3 Å². The fraction of sp³-hybridized carbons (Fsp3) is 0.600. The molecule has 0 amide bonds. The summed E-state index contributed by atoms with van der Waals surface area (Å²) >= 11 is 0. The van der Waals surface area contributed by atoms with Crippen LogP contribution in [0.15, 0.2) is 35.6 Å². The Bertz CT molecular complexity index is 735. The number of likely N-dealkylation sites (tertiary alicyclic amines) is 1. The molecular weight excluding hydrogens is 324 g/mol. The second-order valence-electron chi connectivity index (χ2n) is 7.55. The number of aromatic nitrogens is 2. The molecular formula is C20H32N6. The van der Waals surface area contributed by atoms with Crippen LogP contribution >= 0.6 is 0 Å². The van der Waals surface area contributed by atoms with Crippen molar-refractivity contribution in [3.8, 4) is 0 Å². The summed E-state index contributed by atoms with van der Waals surface area (Å²) in [4.78, 5) is 11.4. The maximum Gasteiger partial charge on any atom is 0.191 e. The molecule has 142 valence electrons. The smallest absolute Gasteiger partial charge is 0.191 e. The summed E-state index contributed by atoms with van der Waals surface area (Å²) in [5.74, 6) is 1.54. The maximum absolute atomic E-state index is 4.45. The van der Waals surface area contributed by atoms with Crippen molar-refractivity contribution in [2.24, 2.45) is 10.9 Å². The van der Waals surface area contributed by atoms with Crippen LogP contribution in [0.4, 0.5) is 0 Å². The normalized spacial score (nSPS) is 21.7. The number of hydrogen-bond donors (Lipinski definition) is 2. The Morgan fingerprint density at radius 1 is 1.31 bits per heavy atom. The molecule has 2 atom stereocenters. The summed E-state index contributed by atoms with van der Waals surface area (Å²) in [6.07, 6.45) is 2.96. The van der Waals surface area contributed by atoms with Crippen molar-refractivity contribution in [2.75, 3.05) is 26.7 Å². The van der Waals surface area contributed by atoms with Gasteiger partial charge in [-0.1, -0.05) is 19.1 Å². The van der Waals surface area contributed by atoms with Gasteiger partial charge in [0.15, 0.2) is 5.96 Å². The first-order chi connectivity index (χ1) is 12.6. The lowest BCUT2D eigenvalue weighted by Gasteiger charge is -2.22. The van der Waals surface area contributed by atoms with Gasteiger partial charge < -0.3 is 15.2 Å². The molecule has 1 aliphatic heterocycles. The first-order valence-corrected chi connectivity index (χ1v) is 9.69. The van der Waals surface area contributed by atoms with Crippen LogP contribution in [0.3, 0.4) is 0 Å². The topological polar surface area (TPSA) is 57.5 Å². The van der Waals surface area contributed by atoms with Gasteiger partial charge in [0.05, 0.1) is 17.4 Å². The minimum Gasteiger partial charge on any atom is -0.356 e. The van der Waals surface area contributed by atoms with E-state index in [0.717, 1.165) is 44.1 Å². The molecule has 1 aromatic heterocycles. The van der Waals surface area contributed by atoms with Gasteiger partial charge in [-0.2, -0.15) is 0 Å². The Morgan fingerprint density at radius 3 is 2.85 bits per heavy atom. The van der Waals surface area contributed by atoms with Crippen molar-refractivity contribution >= 4 is 17.0 Å². The van der Waals surface area contributed by atoms with Crippen molar-refractivity contribution in [1.29, 1.82) is 0 Å². The highest BCUT2D eigenvalue weighted by atomic mass is 15.3. The third kappa shape index (κ3) is 4.36. The average Bonchev–Trinajstić information content (AvgIpc) is 3.21. The Morgan fingerprint density at radius 2 is 2.12 bits per heavy atom. The Hall–Kier alpha value is -2.08. The first-order valence-electron chi connectivity index (χ1n) is 9.69. The van der Waals surface area contributed by atoms with Crippen molar-refractivity contribution in [3.63, 3.8) is 0 Å². The number of guanidine groups is 1. The number of para-hydroxylation sites is 2. The molecule has 2 aromatic rings. The van der Waals surface area contributed by atoms with Crippen LogP contribution in [0.2, 0.25) is 0 Å². The molecule has 6 nitrogen and oxygen atoms in total. The molecule has 0 saturated carbocycles. The highest BCUT2D eigenvalue weighted by Crippen LogP contribution is 2.18. The van der Waals surface area contributed by atoms with Gasteiger partial charge in [-0.05, 0) is 38.3 Å². The Balaban J connectivity index is 1.45. The van der Waals surface area contributed by atoms with Crippen LogP contribution in [0.5, 0.6) is 0 Å². The van der Waals surface area contributed by atoms with Crippen LogP contribution in [0.1, 0.15) is 27.2 Å². The van der Waals surface area contributed by atoms with Crippen LogP contribution < -0.4 is 10.6 Å². The van der Waals surface area contributed by atoms with E-state index in [9.17, 15) is 0 Å². The van der Waals surface area contributed by atoms with Crippen molar-refractivity contribution in [3.05, 3.63) is 30.6 Å². The number of imidazole rings is 1. The standard InChI is InChI=1S/C20H32N6/c1-15(2)26-12-16(3)18(13-26)24-20(21-4)22-10-7-11-25-14-23-17-8-5-6-9-19(17)25/h5-6,8-9,14-16,18H,7,10-13H2,1-4H3,(H2,21,22,24). The monoisotopic (exact) mass is 356 g/mol. The predicted molar refractivity (Wildman–Crippen MR) is 109 cm³/mol. The summed E-state index contributed by atoms with van der Waals surface area (Å²) in [5.41, 5.74) is 2.26. The van der Waals surface area contributed by atoms with Crippen molar-refractivity contribution in [1.82, 2.24) is 25.1 Å². The van der Waals surface area contributed by atoms with Gasteiger partial charge in [0.2, 0.25) is 0 Å². The molecule has 3 rings (SSSR count). The van der Waals surface area contributed by atoms with E-state index in [2.05, 4.69) is 69.0 Å². The first kappa shape index (κ1) is 18.7. The van der Waals surface area contributed by atoms with Crippen LogP contribution in [0, 0.1) is 5.92 Å². The number of benzene rings is 1. The molecule has 1 aliphatic rings. The molecule has 6 heteroatoms. The molecule has 1 aromatic carbocycles. The molecule has 1 saturated heterocycles. The number of aryl methyl sites for hydroxylation is 1. The minimum atomic E-state index is 0.459. The number of hydrogen-bond acceptors (Lipinski definition) is 3. The van der Waals surface area contributed by atoms with Crippen LogP contribution in [0.25, 0.3) is 11.0 Å². The number of rotatable bonds is 6. The molecule has 1 fully saturated rings. The SMILES string of the molecule is CN=C(NCCCn1cnc2ccccc21)NC1CN(C(C)C)CC1C. The summed E-state index contributed by atoms with van der Waals surface area (Å²) < 4.78 is 2.22. The Labute approximate surface area is 156 Å². The maximum atomic E-state index is 4.45. The second-order valence-corrected chi connectivity index (χ2v) is 7.55. The van der Waals surface area contributed by atoms with Crippen LogP contribution in [-0.2, 0) is 6.54 Å². The zero-order chi connectivity index (χ0) is 18.5. The van der Waals surface area contributed by atoms with Crippen molar-refractivity contribution < 1.29 is 0 Å². The van der Waals surface area contributed by atoms with E-state index >= 15 is 0 Å². The second kappa shape index (κ2) is 8.54. The summed E-state index contributed by atoms with van der Waals surface area (Å²) in [6.45, 7) is 10.9. The highest BCUT2D eigenvalue weighted by molar-refractivity contribution is 5.80. The molecule has 2 N–H and O–H groups in total. The highest BCUT2D eigenvalue weighted by Gasteiger charge is 2.31. The molecule has 0 aliphatic carbocycles. The molecule has 2 unspecified atom stereocenters. The van der Waals surface area contributed by atoms with Gasteiger partial charge in [-0.25, -0.2) is 4.98 Å². The van der Waals surface area contributed by atoms with E-state index in [0.29, 0.717) is 18.0 Å². The molecule has 2 heterocycles. The fourth-order valence-corrected chi connectivity index (χ4v) is 3.63. The summed E-state index contributed by atoms with van der Waals surface area (Å²) in [6, 6.07) is 9.33. The lowest BCUT2D eigenvalue weighted by molar-refractivity contribution is 0.265. The molecule has 0 bridgehead atoms. The van der Waals surface area contributed by atoms with E-state index in [-0.39, 0.29) is 0 Å². The third-order valence-corrected chi connectivity index (χ3v) is 5.31. The predicted octanol–water partition coefficient (Wildman–Crippen LogP) is 2.32. The number of fused-ring (bicyclic) bond motifs is 1. The molecule has 26 heavy (non-hydrogen) atoms. The van der Waals surface area contributed by atoms with Crippen LogP contribution in [-0.4, -0.2) is 59.2 Å². The van der Waals surface area contributed by atoms with Crippen molar-refractivity contribution in [2.45, 2.75) is 45.8 Å². The largest absolute Gasteiger partial charge is 0.356 e. The molecule has 0 radical (unpaired) electrons. The fourth-order valence-electron chi connectivity index (χ4n) is 3.63. The summed E-state index contributed by atoms with van der Waals surface area (Å²) in [7, 11) is 1.85. The van der Waals surface area contributed by atoms with Gasteiger partial charge in [0.1, 0.15) is 0 Å². The lowest BCUT2D eigenvalue weighted by Crippen LogP contribution is -2.47. The summed E-state index contributed by atoms with van der Waals surface area (Å²) in [5, 5.41) is 7.06. The third-order valence-electron chi connectivity index (χ3n) is 5.31. The van der Waals surface area contributed by atoms with Gasteiger partial charge in [0.25, 0.3) is 0 Å². The van der Waals surface area contributed by atoms with E-state index in [1.165, 1.54) is 5.52 Å². The number of aliphatic imine (C=N–C) groups is 1. The molecule has 0 spiro atoms. The zero-order valence-corrected chi connectivity index (χ0v) is 16.4. The zero-order valence-electron chi connectivity index (χ0n) is 16.4.